The fourth-order valence-corrected chi connectivity index (χ4v) is 4.75. The number of hydrogen-bond donors (Lipinski definition) is 2. The van der Waals surface area contributed by atoms with Crippen LogP contribution in [-0.4, -0.2) is 77.8 Å². The number of ketones is 1. The van der Waals surface area contributed by atoms with Crippen molar-refractivity contribution in [1.82, 2.24) is 14.4 Å². The molecule has 0 bridgehead atoms. The summed E-state index contributed by atoms with van der Waals surface area (Å²) in [6, 6.07) is 13.6. The number of Topliss-reactive ketones (excluding diaryl/α,β-unsaturated/α-hetero) is 1. The summed E-state index contributed by atoms with van der Waals surface area (Å²) in [5.41, 5.74) is 7.37. The Labute approximate surface area is 240 Å². The van der Waals surface area contributed by atoms with E-state index in [1.165, 1.54) is 24.3 Å². The molecule has 3 aromatic rings. The Morgan fingerprint density at radius 3 is 2.29 bits per heavy atom. The van der Waals surface area contributed by atoms with Crippen LogP contribution in [0.2, 0.25) is 0 Å². The van der Waals surface area contributed by atoms with Crippen LogP contribution in [0.25, 0.3) is 0 Å². The molecule has 0 spiro atoms. The Balaban J connectivity index is 1.40. The summed E-state index contributed by atoms with van der Waals surface area (Å²) in [5.74, 6) is -0.693. The molecule has 4 rings (SSSR count). The second-order valence-electron chi connectivity index (χ2n) is 9.75. The third-order valence-electron chi connectivity index (χ3n) is 6.83. The van der Waals surface area contributed by atoms with Gasteiger partial charge in [0.2, 0.25) is 0 Å². The molecule has 0 saturated carbocycles. The molecular formula is C29H32F3N5O5. The number of aromatic nitrogens is 1. The van der Waals surface area contributed by atoms with Gasteiger partial charge in [-0.25, -0.2) is 4.79 Å². The van der Waals surface area contributed by atoms with Crippen molar-refractivity contribution >= 4 is 23.4 Å². The van der Waals surface area contributed by atoms with Gasteiger partial charge in [-0.15, -0.1) is 13.2 Å². The zero-order valence-electron chi connectivity index (χ0n) is 23.2. The third kappa shape index (κ3) is 7.81. The summed E-state index contributed by atoms with van der Waals surface area (Å²) in [6.45, 7) is 5.79. The molecule has 13 heteroatoms. The molecule has 224 valence electrons. The van der Waals surface area contributed by atoms with E-state index in [1.54, 1.807) is 46.7 Å². The Morgan fingerprint density at radius 1 is 0.976 bits per heavy atom. The summed E-state index contributed by atoms with van der Waals surface area (Å²) in [4.78, 5) is 41.7. The fourth-order valence-electron chi connectivity index (χ4n) is 4.75. The normalized spacial score (nSPS) is 14.0. The second kappa shape index (κ2) is 13.0. The molecule has 0 aliphatic carbocycles. The van der Waals surface area contributed by atoms with Crippen LogP contribution in [0, 0.1) is 6.92 Å². The van der Waals surface area contributed by atoms with E-state index in [0.717, 1.165) is 0 Å². The second-order valence-corrected chi connectivity index (χ2v) is 9.75. The number of piperazine rings is 1. The lowest BCUT2D eigenvalue weighted by Crippen LogP contribution is -2.51. The molecule has 10 nitrogen and oxygen atoms in total. The van der Waals surface area contributed by atoms with Gasteiger partial charge in [0.1, 0.15) is 11.5 Å². The number of hydrogen-bond acceptors (Lipinski definition) is 6. The number of urea groups is 1. The van der Waals surface area contributed by atoms with Gasteiger partial charge in [-0.1, -0.05) is 12.1 Å². The Morgan fingerprint density at radius 2 is 1.67 bits per heavy atom. The van der Waals surface area contributed by atoms with Gasteiger partial charge in [-0.05, 0) is 61.9 Å². The van der Waals surface area contributed by atoms with Crippen molar-refractivity contribution in [2.45, 2.75) is 26.8 Å². The molecule has 0 atom stereocenters. The summed E-state index contributed by atoms with van der Waals surface area (Å²) >= 11 is 0. The van der Waals surface area contributed by atoms with Gasteiger partial charge < -0.3 is 30.0 Å². The van der Waals surface area contributed by atoms with E-state index in [2.05, 4.69) is 10.1 Å². The van der Waals surface area contributed by atoms with E-state index < -0.39 is 18.0 Å². The number of benzene rings is 2. The van der Waals surface area contributed by atoms with Crippen molar-refractivity contribution in [2.24, 2.45) is 5.73 Å². The molecule has 3 amide bonds. The lowest BCUT2D eigenvalue weighted by molar-refractivity contribution is -0.274. The molecular weight excluding hydrogens is 555 g/mol. The highest BCUT2D eigenvalue weighted by Gasteiger charge is 2.31. The average molecular weight is 588 g/mol. The summed E-state index contributed by atoms with van der Waals surface area (Å²) in [5, 5.41) is 2.86. The number of ether oxygens (including phenoxy) is 2. The van der Waals surface area contributed by atoms with E-state index in [0.29, 0.717) is 55.5 Å². The highest BCUT2D eigenvalue weighted by Crippen LogP contribution is 2.25. The molecule has 1 aliphatic rings. The monoisotopic (exact) mass is 587 g/mol. The van der Waals surface area contributed by atoms with E-state index >= 15 is 0 Å². The van der Waals surface area contributed by atoms with Gasteiger partial charge in [0, 0.05) is 44.1 Å². The number of nitrogens with two attached hydrogens (primary N) is 1. The van der Waals surface area contributed by atoms with Crippen LogP contribution < -0.4 is 20.5 Å². The molecule has 1 fully saturated rings. The SMILES string of the molecule is CCOc1ccc(NC(=O)N2CCN(CC(=O)c3cc(C(N)=O)c(C)n3Cc3cccc(OC(F)(F)F)c3)CC2)cc1. The maximum Gasteiger partial charge on any atom is 0.573 e. The maximum absolute atomic E-state index is 13.4. The van der Waals surface area contributed by atoms with Gasteiger partial charge in [-0.3, -0.25) is 14.5 Å². The van der Waals surface area contributed by atoms with Crippen molar-refractivity contribution < 1.29 is 37.0 Å². The first-order chi connectivity index (χ1) is 19.9. The van der Waals surface area contributed by atoms with Crippen molar-refractivity contribution in [3.05, 3.63) is 77.1 Å². The highest BCUT2D eigenvalue weighted by molar-refractivity contribution is 6.01. The Bertz CT molecular complexity index is 1430. The number of amides is 3. The number of carbonyl (C=O) groups is 3. The fraction of sp³-hybridized carbons (Fsp3) is 0.345. The predicted octanol–water partition coefficient (Wildman–Crippen LogP) is 4.27. The quantitative estimate of drug-likeness (QED) is 0.342. The average Bonchev–Trinajstić information content (AvgIpc) is 3.25. The molecule has 42 heavy (non-hydrogen) atoms. The van der Waals surface area contributed by atoms with Crippen LogP contribution in [0.5, 0.6) is 11.5 Å². The number of alkyl halides is 3. The number of carbonyl (C=O) groups excluding carboxylic acids is 3. The number of primary amides is 1. The first-order valence-electron chi connectivity index (χ1n) is 13.3. The van der Waals surface area contributed by atoms with Crippen LogP contribution >= 0.6 is 0 Å². The molecule has 1 aromatic heterocycles. The van der Waals surface area contributed by atoms with Crippen LogP contribution in [0.15, 0.2) is 54.6 Å². The van der Waals surface area contributed by atoms with Gasteiger partial charge >= 0.3 is 12.4 Å². The molecule has 1 saturated heterocycles. The van der Waals surface area contributed by atoms with Crippen LogP contribution in [0.1, 0.15) is 39.0 Å². The molecule has 0 radical (unpaired) electrons. The lowest BCUT2D eigenvalue weighted by atomic mass is 10.2. The minimum absolute atomic E-state index is 0.0211. The standard InChI is InChI=1S/C29H32F3N5O5/c1-3-41-22-9-7-21(8-10-22)34-28(40)36-13-11-35(12-14-36)18-26(38)25-16-24(27(33)39)19(2)37(25)17-20-5-4-6-23(15-20)42-29(30,31)32/h4-10,15-16H,3,11-14,17-18H2,1-2H3,(H2,33,39)(H,34,40). The highest BCUT2D eigenvalue weighted by atomic mass is 19.4. The lowest BCUT2D eigenvalue weighted by Gasteiger charge is -2.34. The number of anilines is 1. The van der Waals surface area contributed by atoms with Gasteiger partial charge in [-0.2, -0.15) is 0 Å². The molecule has 3 N–H and O–H groups in total. The molecule has 0 unspecified atom stereocenters. The van der Waals surface area contributed by atoms with Gasteiger partial charge in [0.05, 0.1) is 24.4 Å². The maximum atomic E-state index is 13.4. The topological polar surface area (TPSA) is 119 Å². The zero-order valence-corrected chi connectivity index (χ0v) is 23.2. The van der Waals surface area contributed by atoms with Gasteiger partial charge in [0.25, 0.3) is 5.91 Å². The summed E-state index contributed by atoms with van der Waals surface area (Å²) in [6.07, 6.45) is -4.84. The number of rotatable bonds is 10. The Kier molecular flexibility index (Phi) is 9.41. The molecule has 2 aromatic carbocycles. The van der Waals surface area contributed by atoms with E-state index in [1.807, 2.05) is 11.8 Å². The van der Waals surface area contributed by atoms with Gasteiger partial charge in [0.15, 0.2) is 5.78 Å². The number of halogens is 3. The Hall–Kier alpha value is -4.52. The first-order valence-corrected chi connectivity index (χ1v) is 13.3. The number of nitrogens with zero attached hydrogens (tertiary/aromatic N) is 3. The van der Waals surface area contributed by atoms with Crippen molar-refractivity contribution in [3.63, 3.8) is 0 Å². The van der Waals surface area contributed by atoms with E-state index in [-0.39, 0.29) is 36.2 Å². The smallest absolute Gasteiger partial charge is 0.494 e. The van der Waals surface area contributed by atoms with Crippen LogP contribution in [0.3, 0.4) is 0 Å². The third-order valence-corrected chi connectivity index (χ3v) is 6.83. The number of nitrogens with one attached hydrogen (secondary N) is 1. The van der Waals surface area contributed by atoms with Crippen LogP contribution in [-0.2, 0) is 6.54 Å². The zero-order chi connectivity index (χ0) is 30.4. The summed E-state index contributed by atoms with van der Waals surface area (Å²) < 4.78 is 49.1. The van der Waals surface area contributed by atoms with E-state index in [9.17, 15) is 27.6 Å². The van der Waals surface area contributed by atoms with E-state index in [4.69, 9.17) is 10.5 Å². The minimum atomic E-state index is -4.84. The van der Waals surface area contributed by atoms with Crippen LogP contribution in [0.4, 0.5) is 23.7 Å². The predicted molar refractivity (Wildman–Crippen MR) is 149 cm³/mol. The van der Waals surface area contributed by atoms with Crippen molar-refractivity contribution in [1.29, 1.82) is 0 Å². The summed E-state index contributed by atoms with van der Waals surface area (Å²) in [7, 11) is 0. The largest absolute Gasteiger partial charge is 0.573 e. The minimum Gasteiger partial charge on any atom is -0.494 e. The molecule has 2 heterocycles. The molecule has 1 aliphatic heterocycles. The first kappa shape index (κ1) is 30.4. The van der Waals surface area contributed by atoms with Crippen molar-refractivity contribution in [2.75, 3.05) is 44.6 Å². The van der Waals surface area contributed by atoms with Crippen molar-refractivity contribution in [3.8, 4) is 11.5 Å².